The van der Waals surface area contributed by atoms with Crippen molar-refractivity contribution in [1.29, 1.82) is 0 Å². The number of hydrogen-bond acceptors (Lipinski definition) is 8. The molecule has 2 fully saturated rings. The summed E-state index contributed by atoms with van der Waals surface area (Å²) >= 11 is 0. The molecule has 0 radical (unpaired) electrons. The molecule has 2 heterocycles. The van der Waals surface area contributed by atoms with Crippen molar-refractivity contribution in [2.24, 2.45) is 0 Å². The summed E-state index contributed by atoms with van der Waals surface area (Å²) in [7, 11) is 0. The van der Waals surface area contributed by atoms with Crippen LogP contribution in [0, 0.1) is 0 Å². The van der Waals surface area contributed by atoms with E-state index in [1.165, 1.54) is 0 Å². The zero-order valence-electron chi connectivity index (χ0n) is 19.8. The molecule has 2 rings (SSSR count). The molecule has 0 unspecified atom stereocenters. The van der Waals surface area contributed by atoms with Crippen molar-refractivity contribution in [2.45, 2.75) is 128 Å². The van der Waals surface area contributed by atoms with Gasteiger partial charge in [-0.2, -0.15) is 0 Å². The lowest BCUT2D eigenvalue weighted by atomic mass is 9.80. The van der Waals surface area contributed by atoms with E-state index in [0.717, 1.165) is 0 Å². The molecule has 30 heavy (non-hydrogen) atoms. The summed E-state index contributed by atoms with van der Waals surface area (Å²) in [6.07, 6.45) is 0.897. The van der Waals surface area contributed by atoms with Gasteiger partial charge in [-0.15, -0.1) is 10.1 Å². The number of carbonyl (C=O) groups excluding carboxylic acids is 2. The number of nitrogens with zero attached hydrogens (tertiary/aromatic N) is 2. The minimum atomic E-state index is -0.514. The number of piperidine rings is 2. The van der Waals surface area contributed by atoms with Crippen molar-refractivity contribution in [1.82, 2.24) is 10.1 Å². The number of hydroxylamine groups is 4. The predicted molar refractivity (Wildman–Crippen MR) is 112 cm³/mol. The van der Waals surface area contributed by atoms with Gasteiger partial charge in [-0.05, 0) is 81.1 Å². The first kappa shape index (κ1) is 25.0. The summed E-state index contributed by atoms with van der Waals surface area (Å²) in [5, 5.41) is 23.5. The summed E-state index contributed by atoms with van der Waals surface area (Å²) in [4.78, 5) is 36.2. The molecule has 0 atom stereocenters. The molecule has 0 aromatic heterocycles. The third kappa shape index (κ3) is 5.72. The van der Waals surface area contributed by atoms with Crippen molar-refractivity contribution < 1.29 is 29.5 Å². The van der Waals surface area contributed by atoms with Gasteiger partial charge in [-0.1, -0.05) is 0 Å². The summed E-state index contributed by atoms with van der Waals surface area (Å²) in [6.45, 7) is 15.4. The van der Waals surface area contributed by atoms with Crippen LogP contribution in [0.2, 0.25) is 0 Å². The molecule has 0 saturated carbocycles. The SMILES string of the molecule is CC1(C)CC(O)CC(C)(C)N1OC(=O)CCC(=O)ON1C(C)(C)CC(O)CC1(C)C. The average molecular weight is 429 g/mol. The maximum absolute atomic E-state index is 12.5. The smallest absolute Gasteiger partial charge is 0.325 e. The van der Waals surface area contributed by atoms with E-state index in [4.69, 9.17) is 9.68 Å². The van der Waals surface area contributed by atoms with Crippen molar-refractivity contribution in [3.8, 4) is 0 Å². The molecule has 8 nitrogen and oxygen atoms in total. The lowest BCUT2D eigenvalue weighted by Crippen LogP contribution is -2.62. The van der Waals surface area contributed by atoms with Crippen LogP contribution in [0.3, 0.4) is 0 Å². The fraction of sp³-hybridized carbons (Fsp3) is 0.909. The monoisotopic (exact) mass is 428 g/mol. The first-order chi connectivity index (χ1) is 13.5. The van der Waals surface area contributed by atoms with Crippen LogP contribution in [-0.2, 0) is 19.3 Å². The van der Waals surface area contributed by atoms with Crippen molar-refractivity contribution in [3.63, 3.8) is 0 Å². The molecule has 2 saturated heterocycles. The van der Waals surface area contributed by atoms with E-state index >= 15 is 0 Å². The molecule has 174 valence electrons. The molecule has 0 amide bonds. The van der Waals surface area contributed by atoms with Crippen LogP contribution in [0.25, 0.3) is 0 Å². The van der Waals surface area contributed by atoms with E-state index < -0.39 is 46.3 Å². The zero-order chi connectivity index (χ0) is 23.1. The van der Waals surface area contributed by atoms with Crippen LogP contribution in [0.5, 0.6) is 0 Å². The van der Waals surface area contributed by atoms with Gasteiger partial charge in [-0.25, -0.2) is 0 Å². The van der Waals surface area contributed by atoms with E-state index in [-0.39, 0.29) is 12.8 Å². The molecular formula is C22H40N2O6. The number of aliphatic hydroxyl groups excluding tert-OH is 2. The highest BCUT2D eigenvalue weighted by Crippen LogP contribution is 2.40. The largest absolute Gasteiger partial charge is 0.393 e. The summed E-state index contributed by atoms with van der Waals surface area (Å²) in [5.74, 6) is -1.01. The third-order valence-electron chi connectivity index (χ3n) is 6.06. The molecule has 0 bridgehead atoms. The van der Waals surface area contributed by atoms with Gasteiger partial charge in [0.05, 0.1) is 47.2 Å². The summed E-state index contributed by atoms with van der Waals surface area (Å²) < 4.78 is 0. The minimum Gasteiger partial charge on any atom is -0.393 e. The van der Waals surface area contributed by atoms with Crippen molar-refractivity contribution >= 4 is 11.9 Å². The van der Waals surface area contributed by atoms with Crippen LogP contribution in [0.15, 0.2) is 0 Å². The Morgan fingerprint density at radius 1 is 0.667 bits per heavy atom. The van der Waals surface area contributed by atoms with E-state index in [9.17, 15) is 19.8 Å². The van der Waals surface area contributed by atoms with Gasteiger partial charge in [-0.3, -0.25) is 9.59 Å². The molecule has 2 N–H and O–H groups in total. The molecular weight excluding hydrogens is 388 g/mol. The van der Waals surface area contributed by atoms with Crippen LogP contribution >= 0.6 is 0 Å². The Morgan fingerprint density at radius 3 is 1.13 bits per heavy atom. The van der Waals surface area contributed by atoms with Gasteiger partial charge < -0.3 is 19.9 Å². The van der Waals surface area contributed by atoms with Crippen LogP contribution in [0.4, 0.5) is 0 Å². The fourth-order valence-corrected chi connectivity index (χ4v) is 5.41. The predicted octanol–water partition coefficient (Wildman–Crippen LogP) is 2.71. The van der Waals surface area contributed by atoms with Crippen molar-refractivity contribution in [2.75, 3.05) is 0 Å². The second-order valence-electron chi connectivity index (χ2n) is 11.4. The van der Waals surface area contributed by atoms with E-state index in [0.29, 0.717) is 25.7 Å². The minimum absolute atomic E-state index is 0.0959. The maximum Gasteiger partial charge on any atom is 0.325 e. The molecule has 2 aliphatic rings. The molecule has 0 aromatic rings. The van der Waals surface area contributed by atoms with Gasteiger partial charge in [0.2, 0.25) is 0 Å². The Balaban J connectivity index is 1.94. The van der Waals surface area contributed by atoms with E-state index in [1.807, 2.05) is 55.4 Å². The highest BCUT2D eigenvalue weighted by atomic mass is 16.7. The quantitative estimate of drug-likeness (QED) is 0.690. The maximum atomic E-state index is 12.5. The number of carbonyl (C=O) groups is 2. The van der Waals surface area contributed by atoms with Gasteiger partial charge in [0, 0.05) is 0 Å². The number of rotatable bonds is 5. The Hall–Kier alpha value is -1.22. The molecule has 0 aliphatic carbocycles. The topological polar surface area (TPSA) is 99.5 Å². The number of hydrogen-bond donors (Lipinski definition) is 2. The highest BCUT2D eigenvalue weighted by molar-refractivity contribution is 5.77. The molecule has 8 heteroatoms. The van der Waals surface area contributed by atoms with E-state index in [2.05, 4.69) is 0 Å². The van der Waals surface area contributed by atoms with Gasteiger partial charge in [0.25, 0.3) is 0 Å². The van der Waals surface area contributed by atoms with Gasteiger partial charge in [0.1, 0.15) is 0 Å². The van der Waals surface area contributed by atoms with E-state index in [1.54, 1.807) is 10.1 Å². The molecule has 0 spiro atoms. The second kappa shape index (κ2) is 8.37. The average Bonchev–Trinajstić information content (AvgIpc) is 2.50. The number of aliphatic hydroxyl groups is 2. The Morgan fingerprint density at radius 2 is 0.900 bits per heavy atom. The Labute approximate surface area is 180 Å². The third-order valence-corrected chi connectivity index (χ3v) is 6.06. The standard InChI is InChI=1S/C22H40N2O6/c1-19(2)11-15(25)12-20(3,4)23(19)29-17(27)9-10-18(28)30-24-21(5,6)13-16(26)14-22(24,7)8/h15-16,25-26H,9-14H2,1-8H3. The van der Waals surface area contributed by atoms with Crippen molar-refractivity contribution in [3.05, 3.63) is 0 Å². The molecule has 2 aliphatic heterocycles. The zero-order valence-corrected chi connectivity index (χ0v) is 19.8. The Bertz CT molecular complexity index is 566. The summed E-state index contributed by atoms with van der Waals surface area (Å²) in [5.41, 5.74) is -2.06. The second-order valence-corrected chi connectivity index (χ2v) is 11.4. The van der Waals surface area contributed by atoms with Crippen LogP contribution in [0.1, 0.15) is 93.9 Å². The van der Waals surface area contributed by atoms with Crippen LogP contribution < -0.4 is 0 Å². The first-order valence-electron chi connectivity index (χ1n) is 10.8. The Kier molecular flexibility index (Phi) is 6.99. The first-order valence-corrected chi connectivity index (χ1v) is 10.8. The van der Waals surface area contributed by atoms with Crippen LogP contribution in [-0.4, -0.2) is 66.6 Å². The highest BCUT2D eigenvalue weighted by Gasteiger charge is 2.49. The summed E-state index contributed by atoms with van der Waals surface area (Å²) in [6, 6.07) is 0. The normalized spacial score (nSPS) is 26.9. The molecule has 0 aromatic carbocycles. The fourth-order valence-electron chi connectivity index (χ4n) is 5.41. The van der Waals surface area contributed by atoms with Gasteiger partial charge >= 0.3 is 11.9 Å². The van der Waals surface area contributed by atoms with Gasteiger partial charge in [0.15, 0.2) is 0 Å². The lowest BCUT2D eigenvalue weighted by Gasteiger charge is -2.52. The lowest BCUT2D eigenvalue weighted by molar-refractivity contribution is -0.279.